The molecule has 0 radical (unpaired) electrons. The highest BCUT2D eigenvalue weighted by molar-refractivity contribution is 9.11. The van der Waals surface area contributed by atoms with E-state index in [-0.39, 0.29) is 0 Å². The molecule has 0 spiro atoms. The molecule has 5 heteroatoms. The zero-order chi connectivity index (χ0) is 13.1. The normalized spacial score (nSPS) is 12.9. The average Bonchev–Trinajstić information content (AvgIpc) is 2.87. The van der Waals surface area contributed by atoms with E-state index in [1.807, 2.05) is 11.3 Å². The summed E-state index contributed by atoms with van der Waals surface area (Å²) in [5.41, 5.74) is 0. The Morgan fingerprint density at radius 1 is 1.28 bits per heavy atom. The van der Waals surface area contributed by atoms with Crippen LogP contribution >= 0.6 is 54.5 Å². The maximum atomic E-state index is 3.68. The molecule has 0 aliphatic rings. The summed E-state index contributed by atoms with van der Waals surface area (Å²) >= 11 is 10.9. The molecule has 0 aliphatic carbocycles. The Morgan fingerprint density at radius 3 is 2.56 bits per heavy atom. The van der Waals surface area contributed by atoms with Crippen LogP contribution in [-0.2, 0) is 0 Å². The molecule has 0 saturated carbocycles. The van der Waals surface area contributed by atoms with Crippen LogP contribution in [0.4, 0.5) is 0 Å². The molecule has 98 valence electrons. The molecule has 1 N–H and O–H groups in total. The zero-order valence-electron chi connectivity index (χ0n) is 10.3. The largest absolute Gasteiger partial charge is 0.305 e. The Morgan fingerprint density at radius 2 is 2.06 bits per heavy atom. The SMILES string of the molecule is CCCNC(c1ccc(Br)s1)c1sc(C)cc1Br. The minimum atomic E-state index is 0.300. The second-order valence-electron chi connectivity index (χ2n) is 4.10. The Labute approximate surface area is 133 Å². The van der Waals surface area contributed by atoms with Crippen LogP contribution in [0.1, 0.15) is 34.0 Å². The topological polar surface area (TPSA) is 12.0 Å². The van der Waals surface area contributed by atoms with Gasteiger partial charge in [-0.25, -0.2) is 0 Å². The van der Waals surface area contributed by atoms with Gasteiger partial charge in [0.2, 0.25) is 0 Å². The molecular weight excluding hydrogens is 394 g/mol. The summed E-state index contributed by atoms with van der Waals surface area (Å²) in [5, 5.41) is 3.64. The summed E-state index contributed by atoms with van der Waals surface area (Å²) < 4.78 is 2.40. The van der Waals surface area contributed by atoms with Gasteiger partial charge in [-0.3, -0.25) is 0 Å². The maximum absolute atomic E-state index is 3.68. The fourth-order valence-corrected chi connectivity index (χ4v) is 5.35. The van der Waals surface area contributed by atoms with Gasteiger partial charge in [0.05, 0.1) is 9.83 Å². The van der Waals surface area contributed by atoms with Crippen LogP contribution in [0, 0.1) is 6.92 Å². The molecule has 0 bridgehead atoms. The first-order valence-corrected chi connectivity index (χ1v) is 9.08. The molecule has 0 aliphatic heterocycles. The van der Waals surface area contributed by atoms with Crippen molar-refractivity contribution in [1.29, 1.82) is 0 Å². The van der Waals surface area contributed by atoms with Gasteiger partial charge in [0.25, 0.3) is 0 Å². The summed E-state index contributed by atoms with van der Waals surface area (Å²) in [6.45, 7) is 5.38. The summed E-state index contributed by atoms with van der Waals surface area (Å²) in [5.74, 6) is 0. The highest BCUT2D eigenvalue weighted by atomic mass is 79.9. The fourth-order valence-electron chi connectivity index (χ4n) is 1.79. The first-order chi connectivity index (χ1) is 8.61. The van der Waals surface area contributed by atoms with Crippen LogP contribution in [0.3, 0.4) is 0 Å². The van der Waals surface area contributed by atoms with Crippen molar-refractivity contribution >= 4 is 54.5 Å². The molecule has 0 aromatic carbocycles. The highest BCUT2D eigenvalue weighted by Crippen LogP contribution is 2.38. The number of hydrogen-bond acceptors (Lipinski definition) is 3. The van der Waals surface area contributed by atoms with E-state index in [1.165, 1.54) is 22.9 Å². The van der Waals surface area contributed by atoms with Crippen LogP contribution in [0.15, 0.2) is 26.5 Å². The standard InChI is InChI=1S/C13H15Br2NS2/c1-3-6-16-12(10-4-5-11(15)18-10)13-9(14)7-8(2)17-13/h4-5,7,12,16H,3,6H2,1-2H3. The fraction of sp³-hybridized carbons (Fsp3) is 0.385. The summed E-state index contributed by atoms with van der Waals surface area (Å²) in [6, 6.07) is 6.82. The van der Waals surface area contributed by atoms with Gasteiger partial charge in [0.15, 0.2) is 0 Å². The predicted molar refractivity (Wildman–Crippen MR) is 88.9 cm³/mol. The third-order valence-corrected chi connectivity index (χ3v) is 6.30. The summed E-state index contributed by atoms with van der Waals surface area (Å²) in [4.78, 5) is 4.07. The molecule has 2 heterocycles. The van der Waals surface area contributed by atoms with Crippen molar-refractivity contribution in [2.45, 2.75) is 26.3 Å². The summed E-state index contributed by atoms with van der Waals surface area (Å²) in [6.07, 6.45) is 1.14. The Kier molecular flexibility index (Phi) is 5.45. The van der Waals surface area contributed by atoms with Crippen molar-refractivity contribution in [2.24, 2.45) is 0 Å². The van der Waals surface area contributed by atoms with Crippen LogP contribution < -0.4 is 5.32 Å². The number of aryl methyl sites for hydroxylation is 1. The molecule has 0 saturated heterocycles. The van der Waals surface area contributed by atoms with Crippen molar-refractivity contribution in [3.8, 4) is 0 Å². The Bertz CT molecular complexity index is 519. The number of hydrogen-bond donors (Lipinski definition) is 1. The smallest absolute Gasteiger partial charge is 0.0776 e. The molecule has 1 nitrogen and oxygen atoms in total. The lowest BCUT2D eigenvalue weighted by molar-refractivity contribution is 0.612. The van der Waals surface area contributed by atoms with Crippen molar-refractivity contribution in [2.75, 3.05) is 6.54 Å². The molecular formula is C13H15Br2NS2. The van der Waals surface area contributed by atoms with Crippen LogP contribution in [0.25, 0.3) is 0 Å². The summed E-state index contributed by atoms with van der Waals surface area (Å²) in [7, 11) is 0. The monoisotopic (exact) mass is 407 g/mol. The lowest BCUT2D eigenvalue weighted by Crippen LogP contribution is -2.21. The van der Waals surface area contributed by atoms with E-state index in [9.17, 15) is 0 Å². The highest BCUT2D eigenvalue weighted by Gasteiger charge is 2.20. The first kappa shape index (κ1) is 14.7. The average molecular weight is 409 g/mol. The molecule has 2 aromatic rings. The molecule has 1 unspecified atom stereocenters. The van der Waals surface area contributed by atoms with E-state index >= 15 is 0 Å². The van der Waals surface area contributed by atoms with Crippen LogP contribution in [0.5, 0.6) is 0 Å². The number of halogens is 2. The van der Waals surface area contributed by atoms with Gasteiger partial charge < -0.3 is 5.32 Å². The van der Waals surface area contributed by atoms with Gasteiger partial charge in [0, 0.05) is 19.1 Å². The molecule has 2 rings (SSSR count). The van der Waals surface area contributed by atoms with Crippen LogP contribution in [0.2, 0.25) is 0 Å². The third kappa shape index (κ3) is 3.45. The minimum absolute atomic E-state index is 0.300. The lowest BCUT2D eigenvalue weighted by Gasteiger charge is -2.16. The lowest BCUT2D eigenvalue weighted by atomic mass is 10.2. The molecule has 0 fully saturated rings. The van der Waals surface area contributed by atoms with Gasteiger partial charge >= 0.3 is 0 Å². The van der Waals surface area contributed by atoms with E-state index in [4.69, 9.17) is 0 Å². The third-order valence-electron chi connectivity index (χ3n) is 2.58. The van der Waals surface area contributed by atoms with Crippen LogP contribution in [-0.4, -0.2) is 6.54 Å². The molecule has 1 atom stereocenters. The van der Waals surface area contributed by atoms with Gasteiger partial charge in [-0.05, 0) is 69.9 Å². The predicted octanol–water partition coefficient (Wildman–Crippen LogP) is 5.73. The van der Waals surface area contributed by atoms with Crippen molar-refractivity contribution in [3.05, 3.63) is 41.1 Å². The molecule has 2 aromatic heterocycles. The number of nitrogens with one attached hydrogen (secondary N) is 1. The maximum Gasteiger partial charge on any atom is 0.0776 e. The van der Waals surface area contributed by atoms with E-state index in [0.29, 0.717) is 6.04 Å². The van der Waals surface area contributed by atoms with Gasteiger partial charge in [0.1, 0.15) is 0 Å². The molecule has 18 heavy (non-hydrogen) atoms. The van der Waals surface area contributed by atoms with Crippen molar-refractivity contribution in [3.63, 3.8) is 0 Å². The molecule has 0 amide bonds. The quantitative estimate of drug-likeness (QED) is 0.665. The first-order valence-electron chi connectivity index (χ1n) is 5.86. The van der Waals surface area contributed by atoms with Crippen molar-refractivity contribution < 1.29 is 0 Å². The second kappa shape index (κ2) is 6.66. The Balaban J connectivity index is 2.33. The van der Waals surface area contributed by atoms with E-state index in [1.54, 1.807) is 11.3 Å². The van der Waals surface area contributed by atoms with E-state index < -0.39 is 0 Å². The van der Waals surface area contributed by atoms with Gasteiger partial charge in [-0.2, -0.15) is 0 Å². The number of thiophene rings is 2. The van der Waals surface area contributed by atoms with E-state index in [0.717, 1.165) is 13.0 Å². The number of rotatable bonds is 5. The van der Waals surface area contributed by atoms with E-state index in [2.05, 4.69) is 69.2 Å². The zero-order valence-corrected chi connectivity index (χ0v) is 15.1. The Hall–Kier alpha value is 0.320. The second-order valence-corrected chi connectivity index (χ2v) is 8.74. The minimum Gasteiger partial charge on any atom is -0.305 e. The van der Waals surface area contributed by atoms with Crippen molar-refractivity contribution in [1.82, 2.24) is 5.32 Å². The van der Waals surface area contributed by atoms with Gasteiger partial charge in [-0.1, -0.05) is 6.92 Å². The van der Waals surface area contributed by atoms with Gasteiger partial charge in [-0.15, -0.1) is 22.7 Å².